The van der Waals surface area contributed by atoms with E-state index in [1.165, 1.54) is 50.0 Å². The second kappa shape index (κ2) is 13.0. The summed E-state index contributed by atoms with van der Waals surface area (Å²) in [5, 5.41) is 14.5. The Bertz CT molecular complexity index is 1640. The number of carbonyl (C=O) groups is 1. The maximum Gasteiger partial charge on any atom is 0.269 e. The van der Waals surface area contributed by atoms with Gasteiger partial charge in [-0.25, -0.2) is 4.98 Å². The quantitative estimate of drug-likeness (QED) is 0.123. The average Bonchev–Trinajstić information content (AvgIpc) is 3.67. The van der Waals surface area contributed by atoms with Gasteiger partial charge in [0.15, 0.2) is 0 Å². The lowest BCUT2D eigenvalue weighted by molar-refractivity contribution is -0.384. The largest absolute Gasteiger partial charge is 0.345 e. The number of aryl methyl sites for hydroxylation is 1. The number of aromatic nitrogens is 2. The van der Waals surface area contributed by atoms with Gasteiger partial charge in [-0.05, 0) is 86.3 Å². The van der Waals surface area contributed by atoms with Crippen molar-refractivity contribution in [3.8, 4) is 0 Å². The van der Waals surface area contributed by atoms with Gasteiger partial charge in [0.25, 0.3) is 5.69 Å². The van der Waals surface area contributed by atoms with E-state index in [-0.39, 0.29) is 11.6 Å². The molecule has 1 unspecified atom stereocenters. The first-order valence-electron chi connectivity index (χ1n) is 14.8. The van der Waals surface area contributed by atoms with E-state index in [1.807, 2.05) is 48.6 Å². The van der Waals surface area contributed by atoms with E-state index in [1.54, 1.807) is 18.6 Å². The SMILES string of the molecule is O=C1Nc2ccc([N+](=O)[O-])cc2C1C(=Nc1ccc(C=Cc2cnc[nH]2)cc1)c1ccc(CCCN2CCCCC2)cc1. The molecule has 0 radical (unpaired) electrons. The van der Waals surface area contributed by atoms with Crippen LogP contribution in [-0.4, -0.2) is 51.0 Å². The van der Waals surface area contributed by atoms with Crippen molar-refractivity contribution in [3.05, 3.63) is 117 Å². The fourth-order valence-electron chi connectivity index (χ4n) is 5.80. The van der Waals surface area contributed by atoms with Crippen LogP contribution in [0.25, 0.3) is 12.2 Å². The normalized spacial score (nSPS) is 17.3. The molecule has 0 aliphatic carbocycles. The molecule has 1 aromatic heterocycles. The number of benzene rings is 3. The second-order valence-electron chi connectivity index (χ2n) is 11.1. The third-order valence-electron chi connectivity index (χ3n) is 8.11. The van der Waals surface area contributed by atoms with Gasteiger partial charge in [-0.1, -0.05) is 48.9 Å². The number of nitro benzene ring substituents is 1. The predicted octanol–water partition coefficient (Wildman–Crippen LogP) is 6.76. The number of H-pyrrole nitrogens is 1. The number of hydrogen-bond donors (Lipinski definition) is 2. The number of nitrogens with one attached hydrogen (secondary N) is 2. The van der Waals surface area contributed by atoms with Gasteiger partial charge in [0.05, 0.1) is 34.5 Å². The Hall–Kier alpha value is -4.89. The molecular formula is C34H34N6O3. The van der Waals surface area contributed by atoms with Crippen molar-refractivity contribution in [2.24, 2.45) is 4.99 Å². The Balaban J connectivity index is 1.28. The minimum Gasteiger partial charge on any atom is -0.345 e. The Morgan fingerprint density at radius 1 is 1.02 bits per heavy atom. The van der Waals surface area contributed by atoms with Crippen LogP contribution in [0.15, 0.2) is 84.2 Å². The van der Waals surface area contributed by atoms with Gasteiger partial charge in [-0.15, -0.1) is 0 Å². The maximum absolute atomic E-state index is 13.3. The van der Waals surface area contributed by atoms with Gasteiger partial charge >= 0.3 is 0 Å². The smallest absolute Gasteiger partial charge is 0.269 e. The van der Waals surface area contributed by atoms with E-state index in [9.17, 15) is 14.9 Å². The summed E-state index contributed by atoms with van der Waals surface area (Å²) in [4.78, 5) is 39.1. The minimum absolute atomic E-state index is 0.0583. The summed E-state index contributed by atoms with van der Waals surface area (Å²) in [6.07, 6.45) is 13.3. The Morgan fingerprint density at radius 2 is 1.81 bits per heavy atom. The number of imidazole rings is 1. The van der Waals surface area contributed by atoms with Crippen LogP contribution in [0.5, 0.6) is 0 Å². The van der Waals surface area contributed by atoms with Crippen LogP contribution in [0, 0.1) is 10.1 Å². The Kier molecular flexibility index (Phi) is 8.51. The van der Waals surface area contributed by atoms with E-state index in [0.717, 1.165) is 36.2 Å². The summed E-state index contributed by atoms with van der Waals surface area (Å²) < 4.78 is 0. The number of nitrogens with zero attached hydrogens (tertiary/aromatic N) is 4. The number of nitro groups is 1. The molecule has 2 aliphatic heterocycles. The number of anilines is 1. The summed E-state index contributed by atoms with van der Waals surface area (Å²) in [5.74, 6) is -1.03. The van der Waals surface area contributed by atoms with Crippen molar-refractivity contribution >= 4 is 40.8 Å². The summed E-state index contributed by atoms with van der Waals surface area (Å²) >= 11 is 0. The summed E-state index contributed by atoms with van der Waals surface area (Å²) in [5.41, 5.74) is 6.25. The van der Waals surface area contributed by atoms with Gasteiger partial charge in [-0.2, -0.15) is 0 Å². The molecule has 9 heteroatoms. The molecule has 2 aliphatic rings. The van der Waals surface area contributed by atoms with Gasteiger partial charge in [-0.3, -0.25) is 19.9 Å². The molecule has 2 N–H and O–H groups in total. The van der Waals surface area contributed by atoms with E-state index >= 15 is 0 Å². The number of rotatable bonds is 10. The highest BCUT2D eigenvalue weighted by molar-refractivity contribution is 6.24. The van der Waals surface area contributed by atoms with Crippen LogP contribution in [0.3, 0.4) is 0 Å². The Morgan fingerprint density at radius 3 is 2.53 bits per heavy atom. The summed E-state index contributed by atoms with van der Waals surface area (Å²) in [7, 11) is 0. The molecule has 3 aromatic carbocycles. The molecule has 4 aromatic rings. The zero-order chi connectivity index (χ0) is 29.6. The zero-order valence-electron chi connectivity index (χ0n) is 23.9. The first kappa shape index (κ1) is 28.2. The van der Waals surface area contributed by atoms with E-state index in [4.69, 9.17) is 4.99 Å². The van der Waals surface area contributed by atoms with Crippen LogP contribution >= 0.6 is 0 Å². The lowest BCUT2D eigenvalue weighted by atomic mass is 9.89. The molecule has 1 fully saturated rings. The number of aliphatic imine (C=N–C) groups is 1. The standard InChI is InChI=1S/C34H34N6O3/c41-34-32(30-21-29(40(42)43)16-17-31(30)38-34)33(37-27-13-8-25(9-14-27)10-15-28-22-35-23-36-28)26-11-6-24(7-12-26)5-4-20-39-18-2-1-3-19-39/h6-17,21-23,32H,1-5,18-20H2,(H,35,36)(H,38,41). The van der Waals surface area contributed by atoms with Crippen LogP contribution in [0.4, 0.5) is 17.1 Å². The number of aromatic amines is 1. The lowest BCUT2D eigenvalue weighted by Gasteiger charge is -2.26. The van der Waals surface area contributed by atoms with Gasteiger partial charge in [0.1, 0.15) is 5.92 Å². The fraction of sp³-hybridized carbons (Fsp3) is 0.265. The van der Waals surface area contributed by atoms with Gasteiger partial charge < -0.3 is 15.2 Å². The zero-order valence-corrected chi connectivity index (χ0v) is 23.9. The molecule has 0 saturated carbocycles. The number of hydrogen-bond acceptors (Lipinski definition) is 6. The number of fused-ring (bicyclic) bond motifs is 1. The first-order valence-corrected chi connectivity index (χ1v) is 14.8. The highest BCUT2D eigenvalue weighted by atomic mass is 16.6. The second-order valence-corrected chi connectivity index (χ2v) is 11.1. The van der Waals surface area contributed by atoms with Crippen molar-refractivity contribution in [2.75, 3.05) is 25.0 Å². The number of carbonyl (C=O) groups excluding carboxylic acids is 1. The molecule has 1 saturated heterocycles. The molecule has 1 amide bonds. The highest BCUT2D eigenvalue weighted by Crippen LogP contribution is 2.38. The lowest BCUT2D eigenvalue weighted by Crippen LogP contribution is -2.30. The Labute approximate surface area is 250 Å². The monoisotopic (exact) mass is 574 g/mol. The average molecular weight is 575 g/mol. The van der Waals surface area contributed by atoms with Gasteiger partial charge in [0.2, 0.25) is 5.91 Å². The predicted molar refractivity (Wildman–Crippen MR) is 170 cm³/mol. The first-order chi connectivity index (χ1) is 21.0. The van der Waals surface area contributed by atoms with Gasteiger partial charge in [0, 0.05) is 23.4 Å². The van der Waals surface area contributed by atoms with Crippen LogP contribution in [0.2, 0.25) is 0 Å². The molecule has 43 heavy (non-hydrogen) atoms. The topological polar surface area (TPSA) is 117 Å². The third kappa shape index (κ3) is 6.79. The highest BCUT2D eigenvalue weighted by Gasteiger charge is 2.36. The molecule has 0 spiro atoms. The molecule has 9 nitrogen and oxygen atoms in total. The van der Waals surface area contributed by atoms with E-state index < -0.39 is 10.8 Å². The van der Waals surface area contributed by atoms with Crippen LogP contribution in [-0.2, 0) is 11.2 Å². The molecule has 3 heterocycles. The number of non-ortho nitro benzene ring substituents is 1. The van der Waals surface area contributed by atoms with Crippen molar-refractivity contribution < 1.29 is 9.72 Å². The molecule has 1 atom stereocenters. The number of amides is 1. The minimum atomic E-state index is -0.778. The molecule has 0 bridgehead atoms. The van der Waals surface area contributed by atoms with Crippen LogP contribution < -0.4 is 5.32 Å². The summed E-state index contributed by atoms with van der Waals surface area (Å²) in [6.45, 7) is 3.51. The van der Waals surface area contributed by atoms with Crippen molar-refractivity contribution in [1.82, 2.24) is 14.9 Å². The third-order valence-corrected chi connectivity index (χ3v) is 8.11. The maximum atomic E-state index is 13.3. The van der Waals surface area contributed by atoms with Crippen molar-refractivity contribution in [2.45, 2.75) is 38.0 Å². The van der Waals surface area contributed by atoms with Crippen molar-refractivity contribution in [1.29, 1.82) is 0 Å². The molecule has 6 rings (SSSR count). The van der Waals surface area contributed by atoms with Crippen LogP contribution in [0.1, 0.15) is 59.5 Å². The number of piperidine rings is 1. The van der Waals surface area contributed by atoms with E-state index in [0.29, 0.717) is 22.6 Å². The van der Waals surface area contributed by atoms with Crippen molar-refractivity contribution in [3.63, 3.8) is 0 Å². The number of likely N-dealkylation sites (tertiary alicyclic amines) is 1. The summed E-state index contributed by atoms with van der Waals surface area (Å²) in [6, 6.07) is 20.4. The molecular weight excluding hydrogens is 540 g/mol. The van der Waals surface area contributed by atoms with E-state index in [2.05, 4.69) is 32.3 Å². The molecule has 218 valence electrons. The fourth-order valence-corrected chi connectivity index (χ4v) is 5.80.